The highest BCUT2D eigenvalue weighted by Crippen LogP contribution is 2.46. The summed E-state index contributed by atoms with van der Waals surface area (Å²) >= 11 is 1.82. The number of aromatic nitrogens is 4. The second-order valence-corrected chi connectivity index (χ2v) is 18.2. The Morgan fingerprint density at radius 3 is 1.37 bits per heavy atom. The molecule has 5 heteroatoms. The van der Waals surface area contributed by atoms with Gasteiger partial charge < -0.3 is 4.57 Å². The number of fused-ring (bicyclic) bond motifs is 7. The molecular weight excluding hydrogens is 845 g/mol. The number of thiophene rings is 1. The number of nitrogens with zero attached hydrogens (tertiary/aromatic N) is 4. The van der Waals surface area contributed by atoms with E-state index in [4.69, 9.17) is 15.0 Å². The molecule has 0 saturated heterocycles. The first-order valence-electron chi connectivity index (χ1n) is 22.9. The molecule has 3 heterocycles. The summed E-state index contributed by atoms with van der Waals surface area (Å²) < 4.78 is 4.81. The number of benzene rings is 10. The summed E-state index contributed by atoms with van der Waals surface area (Å²) in [6, 6.07) is 86.3. The predicted molar refractivity (Wildman–Crippen MR) is 285 cm³/mol. The maximum Gasteiger partial charge on any atom is 0.165 e. The van der Waals surface area contributed by atoms with Crippen LogP contribution in [0.25, 0.3) is 126 Å². The fraction of sp³-hybridized carbons (Fsp3) is 0. The fourth-order valence-electron chi connectivity index (χ4n) is 9.73. The van der Waals surface area contributed by atoms with E-state index in [1.54, 1.807) is 0 Å². The molecule has 13 aromatic rings. The van der Waals surface area contributed by atoms with E-state index in [0.717, 1.165) is 43.8 Å². The predicted octanol–water partition coefficient (Wildman–Crippen LogP) is 17.0. The van der Waals surface area contributed by atoms with Gasteiger partial charge in [0, 0.05) is 48.6 Å². The molecule has 0 aliphatic carbocycles. The van der Waals surface area contributed by atoms with Gasteiger partial charge in [0.05, 0.1) is 15.7 Å². The minimum atomic E-state index is 0.630. The molecule has 0 amide bonds. The van der Waals surface area contributed by atoms with E-state index in [2.05, 4.69) is 235 Å². The van der Waals surface area contributed by atoms with Crippen LogP contribution in [-0.4, -0.2) is 19.5 Å². The summed E-state index contributed by atoms with van der Waals surface area (Å²) in [6.45, 7) is 0. The summed E-state index contributed by atoms with van der Waals surface area (Å²) in [5, 5.41) is 4.84. The van der Waals surface area contributed by atoms with Crippen LogP contribution in [0, 0.1) is 0 Å². The van der Waals surface area contributed by atoms with Gasteiger partial charge in [-0.3, -0.25) is 0 Å². The lowest BCUT2D eigenvalue weighted by molar-refractivity contribution is 1.08. The highest BCUT2D eigenvalue weighted by molar-refractivity contribution is 7.27. The Labute approximate surface area is 397 Å². The van der Waals surface area contributed by atoms with Gasteiger partial charge in [0.15, 0.2) is 17.5 Å². The van der Waals surface area contributed by atoms with E-state index in [9.17, 15) is 0 Å². The molecule has 0 spiro atoms. The first kappa shape index (κ1) is 39.6. The van der Waals surface area contributed by atoms with Crippen LogP contribution in [0.2, 0.25) is 0 Å². The van der Waals surface area contributed by atoms with Crippen molar-refractivity contribution in [3.05, 3.63) is 243 Å². The van der Waals surface area contributed by atoms with Crippen LogP contribution in [0.5, 0.6) is 0 Å². The topological polar surface area (TPSA) is 43.6 Å². The Hall–Kier alpha value is -8.77. The van der Waals surface area contributed by atoms with Crippen molar-refractivity contribution in [3.8, 4) is 84.4 Å². The van der Waals surface area contributed by atoms with Gasteiger partial charge in [0.25, 0.3) is 0 Å². The van der Waals surface area contributed by atoms with Gasteiger partial charge in [-0.15, -0.1) is 11.3 Å². The van der Waals surface area contributed by atoms with Gasteiger partial charge >= 0.3 is 0 Å². The van der Waals surface area contributed by atoms with E-state index in [1.165, 1.54) is 65.1 Å². The Bertz CT molecular complexity index is 3990. The summed E-state index contributed by atoms with van der Waals surface area (Å²) in [4.78, 5) is 15.8. The Morgan fingerprint density at radius 1 is 0.279 bits per heavy atom. The zero-order valence-corrected chi connectivity index (χ0v) is 37.6. The van der Waals surface area contributed by atoms with E-state index in [1.807, 2.05) is 23.5 Å². The van der Waals surface area contributed by atoms with Gasteiger partial charge in [0.2, 0.25) is 0 Å². The third-order valence-electron chi connectivity index (χ3n) is 13.1. The van der Waals surface area contributed by atoms with Crippen LogP contribution in [0.15, 0.2) is 243 Å². The molecule has 0 N–H and O–H groups in total. The normalized spacial score (nSPS) is 11.5. The largest absolute Gasteiger partial charge is 0.308 e. The number of hydrogen-bond acceptors (Lipinski definition) is 4. The standard InChI is InChI=1S/C63H40N4S/c1-4-15-41(16-5-1)44-29-31-46(32-30-44)61-64-62(50-24-13-23-49(40-50)43-19-8-3-9-20-43)66-63(65-61)56-27-14-26-54-55-38-37-53-52-25-10-11-28-57(52)67(58(53)60(55)68-59(54)56)51-35-33-45(34-36-51)48-22-12-21-47(39-48)42-17-6-2-7-18-42/h1-40H. The second-order valence-electron chi connectivity index (χ2n) is 17.2. The molecule has 0 fully saturated rings. The Balaban J connectivity index is 0.971. The SMILES string of the molecule is c1ccc(-c2ccc(-c3nc(-c4cccc(-c5ccccc5)c4)nc(-c4cccc5c4sc4c5ccc5c6ccccc6n(-c6ccc(-c7cccc(-c8ccccc8)c7)cc6)c54)n3)cc2)cc1. The van der Waals surface area contributed by atoms with Crippen LogP contribution < -0.4 is 0 Å². The van der Waals surface area contributed by atoms with Crippen molar-refractivity contribution in [1.29, 1.82) is 0 Å². The summed E-state index contributed by atoms with van der Waals surface area (Å²) in [5.41, 5.74) is 15.7. The van der Waals surface area contributed by atoms with E-state index >= 15 is 0 Å². The van der Waals surface area contributed by atoms with Crippen molar-refractivity contribution in [1.82, 2.24) is 19.5 Å². The van der Waals surface area contributed by atoms with Gasteiger partial charge in [0.1, 0.15) is 0 Å². The molecule has 13 rings (SSSR count). The summed E-state index contributed by atoms with van der Waals surface area (Å²) in [7, 11) is 0. The number of para-hydroxylation sites is 1. The van der Waals surface area contributed by atoms with Crippen molar-refractivity contribution in [2.24, 2.45) is 0 Å². The van der Waals surface area contributed by atoms with Gasteiger partial charge in [-0.2, -0.15) is 0 Å². The molecule has 68 heavy (non-hydrogen) atoms. The monoisotopic (exact) mass is 884 g/mol. The molecule has 0 radical (unpaired) electrons. The molecule has 318 valence electrons. The highest BCUT2D eigenvalue weighted by atomic mass is 32.1. The molecule has 0 atom stereocenters. The molecular formula is C63H40N4S. The molecule has 3 aromatic heterocycles. The number of rotatable bonds is 8. The lowest BCUT2D eigenvalue weighted by Gasteiger charge is -2.11. The summed E-state index contributed by atoms with van der Waals surface area (Å²) in [5.74, 6) is 1.90. The average molecular weight is 885 g/mol. The van der Waals surface area contributed by atoms with Crippen LogP contribution in [0.1, 0.15) is 0 Å². The average Bonchev–Trinajstić information content (AvgIpc) is 3.98. The second kappa shape index (κ2) is 16.6. The van der Waals surface area contributed by atoms with Crippen molar-refractivity contribution in [2.75, 3.05) is 0 Å². The molecule has 0 aliphatic rings. The smallest absolute Gasteiger partial charge is 0.165 e. The lowest BCUT2D eigenvalue weighted by atomic mass is 9.99. The molecule has 0 saturated carbocycles. The first-order valence-corrected chi connectivity index (χ1v) is 23.7. The minimum Gasteiger partial charge on any atom is -0.308 e. The lowest BCUT2D eigenvalue weighted by Crippen LogP contribution is -2.00. The third-order valence-corrected chi connectivity index (χ3v) is 14.3. The van der Waals surface area contributed by atoms with Crippen LogP contribution in [-0.2, 0) is 0 Å². The Kier molecular flexibility index (Phi) is 9.66. The van der Waals surface area contributed by atoms with Crippen LogP contribution in [0.4, 0.5) is 0 Å². The van der Waals surface area contributed by atoms with Gasteiger partial charge in [-0.1, -0.05) is 206 Å². The van der Waals surface area contributed by atoms with Crippen LogP contribution >= 0.6 is 11.3 Å². The van der Waals surface area contributed by atoms with Crippen molar-refractivity contribution in [2.45, 2.75) is 0 Å². The van der Waals surface area contributed by atoms with Crippen molar-refractivity contribution >= 4 is 53.3 Å². The molecule has 0 aliphatic heterocycles. The Morgan fingerprint density at radius 2 is 0.706 bits per heavy atom. The van der Waals surface area contributed by atoms with Crippen LogP contribution in [0.3, 0.4) is 0 Å². The minimum absolute atomic E-state index is 0.630. The number of hydrogen-bond donors (Lipinski definition) is 0. The maximum absolute atomic E-state index is 5.32. The zero-order valence-electron chi connectivity index (χ0n) is 36.8. The molecule has 4 nitrogen and oxygen atoms in total. The molecule has 0 unspecified atom stereocenters. The van der Waals surface area contributed by atoms with Crippen molar-refractivity contribution < 1.29 is 0 Å². The van der Waals surface area contributed by atoms with E-state index in [-0.39, 0.29) is 0 Å². The maximum atomic E-state index is 5.32. The first-order chi connectivity index (χ1) is 33.7. The third kappa shape index (κ3) is 6.96. The van der Waals surface area contributed by atoms with E-state index < -0.39 is 0 Å². The zero-order chi connectivity index (χ0) is 45.0. The molecule has 0 bridgehead atoms. The molecule has 10 aromatic carbocycles. The fourth-order valence-corrected chi connectivity index (χ4v) is 11.1. The highest BCUT2D eigenvalue weighted by Gasteiger charge is 2.21. The van der Waals surface area contributed by atoms with Crippen molar-refractivity contribution in [3.63, 3.8) is 0 Å². The quantitative estimate of drug-likeness (QED) is 0.153. The van der Waals surface area contributed by atoms with Gasteiger partial charge in [-0.25, -0.2) is 15.0 Å². The summed E-state index contributed by atoms with van der Waals surface area (Å²) in [6.07, 6.45) is 0. The van der Waals surface area contributed by atoms with Gasteiger partial charge in [-0.05, 0) is 80.9 Å². The van der Waals surface area contributed by atoms with E-state index in [0.29, 0.717) is 17.5 Å².